The van der Waals surface area contributed by atoms with Crippen molar-refractivity contribution in [2.75, 3.05) is 7.11 Å². The van der Waals surface area contributed by atoms with E-state index in [1.165, 1.54) is 31.4 Å². The number of hydrogen-bond acceptors (Lipinski definition) is 5. The molecule has 1 fully saturated rings. The van der Waals surface area contributed by atoms with Crippen LogP contribution in [0.2, 0.25) is 0 Å². The Morgan fingerprint density at radius 3 is 2.57 bits per heavy atom. The van der Waals surface area contributed by atoms with Crippen LogP contribution < -0.4 is 15.6 Å². The zero-order valence-electron chi connectivity index (χ0n) is 14.9. The first-order valence-electron chi connectivity index (χ1n) is 8.51. The van der Waals surface area contributed by atoms with Crippen LogP contribution in [-0.2, 0) is 11.3 Å². The molecule has 1 amide bonds. The number of carbonyl (C=O) groups excluding carboxylic acids is 1. The fraction of sp³-hybridized carbons (Fsp3) is 0.389. The normalized spacial score (nSPS) is 15.1. The number of benzene rings is 1. The quantitative estimate of drug-likeness (QED) is 0.749. The van der Waals surface area contributed by atoms with Gasteiger partial charge in [-0.2, -0.15) is 0 Å². The van der Waals surface area contributed by atoms with Gasteiger partial charge < -0.3 is 19.8 Å². The van der Waals surface area contributed by atoms with Gasteiger partial charge in [-0.05, 0) is 36.5 Å². The minimum absolute atomic E-state index is 0.0447. The molecule has 0 radical (unpaired) electrons. The summed E-state index contributed by atoms with van der Waals surface area (Å²) in [5.74, 6) is -0.496. The van der Waals surface area contributed by atoms with Crippen molar-refractivity contribution in [2.24, 2.45) is 5.92 Å². The number of aromatic nitrogens is 2. The van der Waals surface area contributed by atoms with Crippen LogP contribution in [0.25, 0.3) is 0 Å². The lowest BCUT2D eigenvalue weighted by atomic mass is 10.0. The first kappa shape index (κ1) is 19.9. The molecule has 1 aliphatic rings. The molecule has 3 rings (SSSR count). The van der Waals surface area contributed by atoms with Crippen LogP contribution in [0.3, 0.4) is 0 Å². The number of H-pyrrole nitrogens is 1. The molecule has 1 aromatic heterocycles. The van der Waals surface area contributed by atoms with Gasteiger partial charge in [0, 0.05) is 13.2 Å². The van der Waals surface area contributed by atoms with Crippen molar-refractivity contribution in [2.45, 2.75) is 31.9 Å². The summed E-state index contributed by atoms with van der Waals surface area (Å²) in [6.45, 7) is 0.0447. The van der Waals surface area contributed by atoms with Crippen LogP contribution in [0.5, 0.6) is 5.75 Å². The first-order chi connectivity index (χ1) is 13.2. The third kappa shape index (κ3) is 5.32. The maximum Gasteiger partial charge on any atom is 0.573 e. The summed E-state index contributed by atoms with van der Waals surface area (Å²) in [7, 11) is 1.43. The smallest absolute Gasteiger partial charge is 0.406 e. The molecule has 150 valence electrons. The third-order valence-electron chi connectivity index (χ3n) is 4.16. The van der Waals surface area contributed by atoms with Crippen molar-refractivity contribution in [1.29, 1.82) is 0 Å². The Kier molecular flexibility index (Phi) is 5.68. The molecule has 1 heterocycles. The minimum atomic E-state index is -4.77. The summed E-state index contributed by atoms with van der Waals surface area (Å²) in [4.78, 5) is 30.8. The van der Waals surface area contributed by atoms with Crippen molar-refractivity contribution in [3.63, 3.8) is 0 Å². The Hall–Kier alpha value is -2.88. The lowest BCUT2D eigenvalue weighted by Crippen LogP contribution is -2.32. The largest absolute Gasteiger partial charge is 0.573 e. The molecule has 0 saturated heterocycles. The van der Waals surface area contributed by atoms with Gasteiger partial charge in [-0.3, -0.25) is 9.59 Å². The predicted octanol–water partition coefficient (Wildman–Crippen LogP) is 2.70. The molecule has 0 aliphatic heterocycles. The Bertz CT molecular complexity index is 892. The number of methoxy groups -OCH3 is 1. The number of carbonyl (C=O) groups is 1. The van der Waals surface area contributed by atoms with Crippen LogP contribution in [0.15, 0.2) is 35.1 Å². The van der Waals surface area contributed by atoms with E-state index in [0.29, 0.717) is 5.56 Å². The van der Waals surface area contributed by atoms with Crippen molar-refractivity contribution >= 4 is 5.91 Å². The molecule has 1 aromatic carbocycles. The van der Waals surface area contributed by atoms with E-state index in [1.54, 1.807) is 0 Å². The van der Waals surface area contributed by atoms with Gasteiger partial charge in [0.15, 0.2) is 0 Å². The van der Waals surface area contributed by atoms with Crippen molar-refractivity contribution in [3.8, 4) is 5.75 Å². The Morgan fingerprint density at radius 2 is 2.00 bits per heavy atom. The highest BCUT2D eigenvalue weighted by atomic mass is 19.4. The molecule has 10 heteroatoms. The van der Waals surface area contributed by atoms with E-state index >= 15 is 0 Å². The standard InChI is InChI=1S/C18H18F3N3O4/c1-27-9-14-22-13(8-15(25)23-14)17(26)24-16(10-2-3-10)11-4-6-12(7-5-11)28-18(19,20)21/h4-8,10,16H,2-3,9H2,1H3,(H,24,26)(H,22,23,25). The van der Waals surface area contributed by atoms with E-state index in [2.05, 4.69) is 20.0 Å². The summed E-state index contributed by atoms with van der Waals surface area (Å²) in [5, 5.41) is 2.82. The second-order valence-corrected chi connectivity index (χ2v) is 6.42. The predicted molar refractivity (Wildman–Crippen MR) is 91.6 cm³/mol. The summed E-state index contributed by atoms with van der Waals surface area (Å²) >= 11 is 0. The highest BCUT2D eigenvalue weighted by Gasteiger charge is 2.35. The van der Waals surface area contributed by atoms with Crippen LogP contribution in [0.1, 0.15) is 40.8 Å². The van der Waals surface area contributed by atoms with Gasteiger partial charge in [0.05, 0.1) is 6.04 Å². The van der Waals surface area contributed by atoms with E-state index in [4.69, 9.17) is 4.74 Å². The zero-order chi connectivity index (χ0) is 20.3. The fourth-order valence-corrected chi connectivity index (χ4v) is 2.82. The molecule has 2 aromatic rings. The third-order valence-corrected chi connectivity index (χ3v) is 4.16. The monoisotopic (exact) mass is 397 g/mol. The Balaban J connectivity index is 1.77. The molecule has 2 N–H and O–H groups in total. The molecule has 0 spiro atoms. The van der Waals surface area contributed by atoms with Crippen LogP contribution >= 0.6 is 0 Å². The molecular formula is C18H18F3N3O4. The van der Waals surface area contributed by atoms with Crippen LogP contribution in [0, 0.1) is 5.92 Å². The van der Waals surface area contributed by atoms with Gasteiger partial charge in [0.2, 0.25) is 0 Å². The van der Waals surface area contributed by atoms with Gasteiger partial charge in [-0.1, -0.05) is 12.1 Å². The number of hydrogen-bond donors (Lipinski definition) is 2. The maximum atomic E-state index is 12.6. The SMILES string of the molecule is COCc1nc(C(=O)NC(c2ccc(OC(F)(F)F)cc2)C2CC2)cc(=O)[nH]1. The Labute approximate surface area is 157 Å². The van der Waals surface area contributed by atoms with E-state index in [-0.39, 0.29) is 29.8 Å². The molecule has 1 atom stereocenters. The topological polar surface area (TPSA) is 93.3 Å². The van der Waals surface area contributed by atoms with E-state index in [0.717, 1.165) is 18.9 Å². The number of alkyl halides is 3. The first-order valence-corrected chi connectivity index (χ1v) is 8.51. The van der Waals surface area contributed by atoms with Gasteiger partial charge in [-0.25, -0.2) is 4.98 Å². The molecule has 1 aliphatic carbocycles. The van der Waals surface area contributed by atoms with Gasteiger partial charge in [0.1, 0.15) is 23.9 Å². The van der Waals surface area contributed by atoms with Crippen molar-refractivity contribution in [1.82, 2.24) is 15.3 Å². The highest BCUT2D eigenvalue weighted by Crippen LogP contribution is 2.41. The highest BCUT2D eigenvalue weighted by molar-refractivity contribution is 5.92. The van der Waals surface area contributed by atoms with Crippen LogP contribution in [-0.4, -0.2) is 29.3 Å². The molecule has 0 bridgehead atoms. The molecule has 1 unspecified atom stereocenters. The Morgan fingerprint density at radius 1 is 1.32 bits per heavy atom. The number of ether oxygens (including phenoxy) is 2. The number of amides is 1. The average molecular weight is 397 g/mol. The maximum absolute atomic E-state index is 12.6. The number of nitrogens with one attached hydrogen (secondary N) is 2. The van der Waals surface area contributed by atoms with Gasteiger partial charge in [0.25, 0.3) is 11.5 Å². The number of rotatable bonds is 7. The van der Waals surface area contributed by atoms with Crippen molar-refractivity contribution in [3.05, 3.63) is 57.8 Å². The molecule has 1 saturated carbocycles. The summed E-state index contributed by atoms with van der Waals surface area (Å²) in [5.41, 5.74) is 0.106. The average Bonchev–Trinajstić information content (AvgIpc) is 3.44. The van der Waals surface area contributed by atoms with E-state index < -0.39 is 23.9 Å². The minimum Gasteiger partial charge on any atom is -0.406 e. The fourth-order valence-electron chi connectivity index (χ4n) is 2.82. The lowest BCUT2D eigenvalue weighted by molar-refractivity contribution is -0.274. The molecule has 7 nitrogen and oxygen atoms in total. The van der Waals surface area contributed by atoms with Gasteiger partial charge >= 0.3 is 6.36 Å². The number of nitrogens with zero attached hydrogens (tertiary/aromatic N) is 1. The number of aromatic amines is 1. The van der Waals surface area contributed by atoms with Crippen LogP contribution in [0.4, 0.5) is 13.2 Å². The lowest BCUT2D eigenvalue weighted by Gasteiger charge is -2.19. The van der Waals surface area contributed by atoms with Gasteiger partial charge in [-0.15, -0.1) is 13.2 Å². The molecular weight excluding hydrogens is 379 g/mol. The van der Waals surface area contributed by atoms with Crippen molar-refractivity contribution < 1.29 is 27.4 Å². The summed E-state index contributed by atoms with van der Waals surface area (Å²) < 4.78 is 45.7. The number of halogens is 3. The zero-order valence-corrected chi connectivity index (χ0v) is 14.9. The van der Waals surface area contributed by atoms with E-state index in [1.807, 2.05) is 0 Å². The summed E-state index contributed by atoms with van der Waals surface area (Å²) in [6, 6.07) is 6.04. The van der Waals surface area contributed by atoms with E-state index in [9.17, 15) is 22.8 Å². The second kappa shape index (κ2) is 8.01. The molecule has 28 heavy (non-hydrogen) atoms. The second-order valence-electron chi connectivity index (χ2n) is 6.42. The summed E-state index contributed by atoms with van der Waals surface area (Å²) in [6.07, 6.45) is -3.01.